The number of aromatic nitrogens is 1. The standard InChI is InChI=1S/C18H21N3O2/c1-20(11-8-15-6-9-19-10-7-15)18(22)14-21-12-13-23-17-5-3-2-4-16(17)21/h2-7,9-10H,8,11-14H2,1H3. The smallest absolute Gasteiger partial charge is 0.241 e. The molecule has 120 valence electrons. The monoisotopic (exact) mass is 311 g/mol. The van der Waals surface area contributed by atoms with Gasteiger partial charge in [0.15, 0.2) is 0 Å². The van der Waals surface area contributed by atoms with Crippen molar-refractivity contribution in [3.8, 4) is 5.75 Å². The number of anilines is 1. The Hall–Kier alpha value is -2.56. The van der Waals surface area contributed by atoms with Crippen LogP contribution in [0.1, 0.15) is 5.56 Å². The maximum Gasteiger partial charge on any atom is 0.241 e. The minimum atomic E-state index is 0.121. The molecule has 1 aromatic heterocycles. The van der Waals surface area contributed by atoms with Gasteiger partial charge in [-0.1, -0.05) is 12.1 Å². The van der Waals surface area contributed by atoms with E-state index in [4.69, 9.17) is 4.74 Å². The lowest BCUT2D eigenvalue weighted by Crippen LogP contribution is -2.42. The molecule has 0 unspecified atom stereocenters. The number of amides is 1. The van der Waals surface area contributed by atoms with Crippen LogP contribution in [0.5, 0.6) is 5.75 Å². The third kappa shape index (κ3) is 3.80. The zero-order valence-corrected chi connectivity index (χ0v) is 13.3. The minimum Gasteiger partial charge on any atom is -0.490 e. The Morgan fingerprint density at radius 3 is 2.87 bits per heavy atom. The van der Waals surface area contributed by atoms with Crippen LogP contribution in [0.2, 0.25) is 0 Å². The molecule has 0 spiro atoms. The lowest BCUT2D eigenvalue weighted by Gasteiger charge is -2.31. The number of rotatable bonds is 5. The highest BCUT2D eigenvalue weighted by Gasteiger charge is 2.21. The van der Waals surface area contributed by atoms with Crippen LogP contribution in [0.15, 0.2) is 48.8 Å². The minimum absolute atomic E-state index is 0.121. The van der Waals surface area contributed by atoms with Crippen molar-refractivity contribution in [2.45, 2.75) is 6.42 Å². The van der Waals surface area contributed by atoms with Gasteiger partial charge in [-0.3, -0.25) is 9.78 Å². The van der Waals surface area contributed by atoms with E-state index in [1.807, 2.05) is 43.4 Å². The molecular weight excluding hydrogens is 290 g/mol. The molecule has 0 atom stereocenters. The summed E-state index contributed by atoms with van der Waals surface area (Å²) in [7, 11) is 1.86. The molecule has 0 saturated carbocycles. The second kappa shape index (κ2) is 7.13. The number of carbonyl (C=O) groups is 1. The number of hydrogen-bond acceptors (Lipinski definition) is 4. The fourth-order valence-electron chi connectivity index (χ4n) is 2.65. The molecule has 5 nitrogen and oxygen atoms in total. The van der Waals surface area contributed by atoms with Crippen molar-refractivity contribution in [2.24, 2.45) is 0 Å². The first kappa shape index (κ1) is 15.3. The molecule has 1 amide bonds. The van der Waals surface area contributed by atoms with Crippen LogP contribution in [-0.4, -0.2) is 49.1 Å². The number of nitrogens with zero attached hydrogens (tertiary/aromatic N) is 3. The van der Waals surface area contributed by atoms with E-state index in [1.165, 1.54) is 5.56 Å². The Balaban J connectivity index is 1.57. The van der Waals surface area contributed by atoms with Gasteiger partial charge < -0.3 is 14.5 Å². The second-order valence-corrected chi connectivity index (χ2v) is 5.66. The summed E-state index contributed by atoms with van der Waals surface area (Å²) in [5.74, 6) is 0.974. The fourth-order valence-corrected chi connectivity index (χ4v) is 2.65. The summed E-state index contributed by atoms with van der Waals surface area (Å²) in [6.45, 7) is 2.44. The SMILES string of the molecule is CN(CCc1ccncc1)C(=O)CN1CCOc2ccccc21. The lowest BCUT2D eigenvalue weighted by molar-refractivity contribution is -0.128. The highest BCUT2D eigenvalue weighted by atomic mass is 16.5. The highest BCUT2D eigenvalue weighted by molar-refractivity contribution is 5.82. The van der Waals surface area contributed by atoms with Gasteiger partial charge in [0.2, 0.25) is 5.91 Å². The quantitative estimate of drug-likeness (QED) is 0.847. The Kier molecular flexibility index (Phi) is 4.76. The number of hydrogen-bond donors (Lipinski definition) is 0. The van der Waals surface area contributed by atoms with E-state index in [9.17, 15) is 4.79 Å². The summed E-state index contributed by atoms with van der Waals surface area (Å²) in [5.41, 5.74) is 2.19. The molecule has 0 bridgehead atoms. The van der Waals surface area contributed by atoms with Gasteiger partial charge in [0, 0.05) is 26.0 Å². The zero-order chi connectivity index (χ0) is 16.1. The summed E-state index contributed by atoms with van der Waals surface area (Å²) in [5, 5.41) is 0. The first-order valence-corrected chi connectivity index (χ1v) is 7.83. The van der Waals surface area contributed by atoms with Gasteiger partial charge in [-0.05, 0) is 36.2 Å². The predicted molar refractivity (Wildman–Crippen MR) is 89.7 cm³/mol. The summed E-state index contributed by atoms with van der Waals surface area (Å²) in [6, 6.07) is 11.8. The van der Waals surface area contributed by atoms with Crippen molar-refractivity contribution in [3.05, 3.63) is 54.4 Å². The molecule has 1 aromatic carbocycles. The van der Waals surface area contributed by atoms with E-state index in [1.54, 1.807) is 17.3 Å². The third-order valence-electron chi connectivity index (χ3n) is 4.06. The average molecular weight is 311 g/mol. The van der Waals surface area contributed by atoms with Crippen molar-refractivity contribution < 1.29 is 9.53 Å². The van der Waals surface area contributed by atoms with Gasteiger partial charge in [0.1, 0.15) is 12.4 Å². The molecule has 2 aromatic rings. The Bertz CT molecular complexity index is 660. The largest absolute Gasteiger partial charge is 0.490 e. The first-order chi connectivity index (χ1) is 11.2. The van der Waals surface area contributed by atoms with Gasteiger partial charge in [-0.15, -0.1) is 0 Å². The molecule has 5 heteroatoms. The van der Waals surface area contributed by atoms with Gasteiger partial charge >= 0.3 is 0 Å². The van der Waals surface area contributed by atoms with E-state index >= 15 is 0 Å². The number of para-hydroxylation sites is 2. The molecule has 0 radical (unpaired) electrons. The maximum atomic E-state index is 12.5. The van der Waals surface area contributed by atoms with Crippen molar-refractivity contribution in [3.63, 3.8) is 0 Å². The first-order valence-electron chi connectivity index (χ1n) is 7.83. The van der Waals surface area contributed by atoms with Crippen LogP contribution in [-0.2, 0) is 11.2 Å². The van der Waals surface area contributed by atoms with E-state index in [0.29, 0.717) is 19.7 Å². The van der Waals surface area contributed by atoms with Crippen molar-refractivity contribution in [1.82, 2.24) is 9.88 Å². The summed E-state index contributed by atoms with van der Waals surface area (Å²) in [4.78, 5) is 20.4. The number of pyridine rings is 1. The molecule has 1 aliphatic rings. The van der Waals surface area contributed by atoms with Gasteiger partial charge in [-0.25, -0.2) is 0 Å². The Morgan fingerprint density at radius 2 is 2.04 bits per heavy atom. The Labute approximate surface area is 136 Å². The van der Waals surface area contributed by atoms with Crippen molar-refractivity contribution in [2.75, 3.05) is 38.2 Å². The van der Waals surface area contributed by atoms with Crippen LogP contribution < -0.4 is 9.64 Å². The fraction of sp³-hybridized carbons (Fsp3) is 0.333. The van der Waals surface area contributed by atoms with Crippen LogP contribution in [0.25, 0.3) is 0 Å². The Morgan fingerprint density at radius 1 is 1.26 bits per heavy atom. The second-order valence-electron chi connectivity index (χ2n) is 5.66. The molecule has 3 rings (SSSR count). The number of benzene rings is 1. The molecule has 23 heavy (non-hydrogen) atoms. The van der Waals surface area contributed by atoms with Gasteiger partial charge in [0.05, 0.1) is 18.8 Å². The van der Waals surface area contributed by atoms with Gasteiger partial charge in [0.25, 0.3) is 0 Å². The molecule has 1 aliphatic heterocycles. The van der Waals surface area contributed by atoms with Crippen LogP contribution in [0, 0.1) is 0 Å². The molecular formula is C18H21N3O2. The molecule has 0 N–H and O–H groups in total. The molecule has 0 saturated heterocycles. The van der Waals surface area contributed by atoms with Crippen LogP contribution >= 0.6 is 0 Å². The van der Waals surface area contributed by atoms with Crippen LogP contribution in [0.3, 0.4) is 0 Å². The third-order valence-corrected chi connectivity index (χ3v) is 4.06. The topological polar surface area (TPSA) is 45.7 Å². The number of carbonyl (C=O) groups excluding carboxylic acids is 1. The molecule has 0 fully saturated rings. The normalized spacial score (nSPS) is 13.2. The molecule has 0 aliphatic carbocycles. The number of fused-ring (bicyclic) bond motifs is 1. The van der Waals surface area contributed by atoms with Crippen molar-refractivity contribution >= 4 is 11.6 Å². The number of ether oxygens (including phenoxy) is 1. The zero-order valence-electron chi connectivity index (χ0n) is 13.3. The van der Waals surface area contributed by atoms with E-state index in [0.717, 1.165) is 24.4 Å². The van der Waals surface area contributed by atoms with E-state index in [2.05, 4.69) is 9.88 Å². The summed E-state index contributed by atoms with van der Waals surface area (Å²) < 4.78 is 5.63. The summed E-state index contributed by atoms with van der Waals surface area (Å²) >= 11 is 0. The summed E-state index contributed by atoms with van der Waals surface area (Å²) in [6.07, 6.45) is 4.40. The van der Waals surface area contributed by atoms with Crippen molar-refractivity contribution in [1.29, 1.82) is 0 Å². The highest BCUT2D eigenvalue weighted by Crippen LogP contribution is 2.30. The predicted octanol–water partition coefficient (Wildman–Crippen LogP) is 1.98. The number of likely N-dealkylation sites (N-methyl/N-ethyl adjacent to an activating group) is 1. The van der Waals surface area contributed by atoms with E-state index in [-0.39, 0.29) is 5.91 Å². The maximum absolute atomic E-state index is 12.5. The lowest BCUT2D eigenvalue weighted by atomic mass is 10.2. The van der Waals surface area contributed by atoms with Gasteiger partial charge in [-0.2, -0.15) is 0 Å². The van der Waals surface area contributed by atoms with E-state index < -0.39 is 0 Å². The van der Waals surface area contributed by atoms with Crippen LogP contribution in [0.4, 0.5) is 5.69 Å². The molecule has 2 heterocycles. The average Bonchev–Trinajstić information content (AvgIpc) is 2.61.